The summed E-state index contributed by atoms with van der Waals surface area (Å²) in [5.41, 5.74) is 0. The molecule has 0 amide bonds. The molecule has 0 bridgehead atoms. The van der Waals surface area contributed by atoms with E-state index in [4.69, 9.17) is 18.9 Å². The van der Waals surface area contributed by atoms with Gasteiger partial charge in [0.2, 0.25) is 0 Å². The van der Waals surface area contributed by atoms with Gasteiger partial charge in [0.25, 0.3) is 0 Å². The van der Waals surface area contributed by atoms with E-state index in [2.05, 4.69) is 11.8 Å². The molecule has 0 spiro atoms. The fourth-order valence-corrected chi connectivity index (χ4v) is 2.97. The Balaban J connectivity index is 2.15. The maximum Gasteiger partial charge on any atom is 0.187 e. The molecule has 0 aliphatic carbocycles. The second-order valence-electron chi connectivity index (χ2n) is 6.23. The van der Waals surface area contributed by atoms with Crippen molar-refractivity contribution < 1.29 is 49.6 Å². The van der Waals surface area contributed by atoms with E-state index in [9.17, 15) is 35.5 Å². The van der Waals surface area contributed by atoms with Crippen LogP contribution in [0.2, 0.25) is 0 Å². The molecule has 2 saturated heterocycles. The van der Waals surface area contributed by atoms with Gasteiger partial charge in [-0.25, -0.2) is 0 Å². The number of hydrogen-bond acceptors (Lipinski definition) is 12. The van der Waals surface area contributed by atoms with Crippen molar-refractivity contribution >= 4 is 0 Å². The van der Waals surface area contributed by atoms with E-state index in [1.165, 1.54) is 6.08 Å². The van der Waals surface area contributed by atoms with Crippen LogP contribution in [-0.2, 0) is 18.9 Å². The Hall–Kier alpha value is -1.06. The molecule has 0 aromatic rings. The van der Waals surface area contributed by atoms with E-state index < -0.39 is 74.6 Å². The fraction of sp³-hybridized carbons (Fsp3) is 0.867. The zero-order valence-electron chi connectivity index (χ0n) is 14.4. The summed E-state index contributed by atoms with van der Waals surface area (Å²) in [6, 6.07) is -1.58. The third kappa shape index (κ3) is 4.68. The van der Waals surface area contributed by atoms with Crippen molar-refractivity contribution in [3.8, 4) is 0 Å². The number of hydrogen-bond donors (Lipinski definition) is 6. The Labute approximate surface area is 154 Å². The normalized spacial score (nSPS) is 45.4. The summed E-state index contributed by atoms with van der Waals surface area (Å²) in [7, 11) is 0. The quantitative estimate of drug-likeness (QED) is 0.177. The van der Waals surface area contributed by atoms with E-state index in [1.54, 1.807) is 0 Å². The maximum atomic E-state index is 11.1. The molecular formula is C15H25NO11. The second kappa shape index (κ2) is 9.93. The molecule has 2 fully saturated rings. The van der Waals surface area contributed by atoms with Crippen LogP contribution in [0.4, 0.5) is 0 Å². The largest absolute Gasteiger partial charge is 0.394 e. The summed E-state index contributed by atoms with van der Waals surface area (Å²) in [4.78, 5) is 11.1. The number of nitroso groups, excluding NO2 is 1. The zero-order valence-corrected chi connectivity index (χ0v) is 14.4. The predicted octanol–water partition coefficient (Wildman–Crippen LogP) is -3.41. The van der Waals surface area contributed by atoms with Crippen molar-refractivity contribution in [3.63, 3.8) is 0 Å². The van der Waals surface area contributed by atoms with Crippen molar-refractivity contribution in [2.75, 3.05) is 19.8 Å². The summed E-state index contributed by atoms with van der Waals surface area (Å²) < 4.78 is 21.2. The van der Waals surface area contributed by atoms with Gasteiger partial charge in [-0.1, -0.05) is 11.3 Å². The molecule has 10 atom stereocenters. The summed E-state index contributed by atoms with van der Waals surface area (Å²) >= 11 is 0. The van der Waals surface area contributed by atoms with Gasteiger partial charge in [-0.2, -0.15) is 4.91 Å². The molecule has 12 heteroatoms. The Kier molecular flexibility index (Phi) is 8.18. The van der Waals surface area contributed by atoms with Crippen LogP contribution in [0, 0.1) is 4.91 Å². The van der Waals surface area contributed by atoms with Crippen molar-refractivity contribution in [2.45, 2.75) is 61.3 Å². The molecular weight excluding hydrogens is 370 g/mol. The zero-order chi connectivity index (χ0) is 20.1. The minimum absolute atomic E-state index is 0.0171. The molecule has 0 aromatic carbocycles. The first kappa shape index (κ1) is 22.2. The highest BCUT2D eigenvalue weighted by molar-refractivity contribution is 4.96. The van der Waals surface area contributed by atoms with E-state index in [-0.39, 0.29) is 6.61 Å². The van der Waals surface area contributed by atoms with Crippen molar-refractivity contribution in [1.29, 1.82) is 0 Å². The first-order valence-electron chi connectivity index (χ1n) is 8.34. The van der Waals surface area contributed by atoms with Crippen LogP contribution < -0.4 is 0 Å². The lowest BCUT2D eigenvalue weighted by Gasteiger charge is -2.45. The summed E-state index contributed by atoms with van der Waals surface area (Å²) in [5, 5.41) is 61.7. The Morgan fingerprint density at radius 1 is 0.926 bits per heavy atom. The minimum Gasteiger partial charge on any atom is -0.394 e. The smallest absolute Gasteiger partial charge is 0.187 e. The van der Waals surface area contributed by atoms with E-state index in [0.29, 0.717) is 0 Å². The lowest BCUT2D eigenvalue weighted by molar-refractivity contribution is -0.344. The van der Waals surface area contributed by atoms with Crippen molar-refractivity contribution in [3.05, 3.63) is 17.6 Å². The molecule has 2 aliphatic heterocycles. The average Bonchev–Trinajstić information content (AvgIpc) is 2.67. The highest BCUT2D eigenvalue weighted by Gasteiger charge is 2.51. The van der Waals surface area contributed by atoms with Gasteiger partial charge in [0.1, 0.15) is 42.7 Å². The Morgan fingerprint density at radius 2 is 1.56 bits per heavy atom. The van der Waals surface area contributed by atoms with Crippen LogP contribution in [0.15, 0.2) is 17.8 Å². The Bertz CT molecular complexity index is 492. The maximum absolute atomic E-state index is 11.1. The highest BCUT2D eigenvalue weighted by Crippen LogP contribution is 2.30. The summed E-state index contributed by atoms with van der Waals surface area (Å²) in [6.45, 7) is 2.14. The Morgan fingerprint density at radius 3 is 2.11 bits per heavy atom. The van der Waals surface area contributed by atoms with Crippen LogP contribution in [0.3, 0.4) is 0 Å². The SMILES string of the molecule is C=CCO[C@@H]1OC(CO)C(O[C@@H]2OC(CO)C(O)C(O)C2N=O)C(O)C1O. The lowest BCUT2D eigenvalue weighted by atomic mass is 9.96. The van der Waals surface area contributed by atoms with Gasteiger partial charge >= 0.3 is 0 Å². The molecule has 8 unspecified atom stereocenters. The highest BCUT2D eigenvalue weighted by atomic mass is 16.7. The molecule has 0 saturated carbocycles. The fourth-order valence-electron chi connectivity index (χ4n) is 2.97. The second-order valence-corrected chi connectivity index (χ2v) is 6.23. The first-order chi connectivity index (χ1) is 12.9. The number of nitrogens with zero attached hydrogens (tertiary/aromatic N) is 1. The van der Waals surface area contributed by atoms with Crippen molar-refractivity contribution in [2.24, 2.45) is 5.18 Å². The third-order valence-electron chi connectivity index (χ3n) is 4.46. The molecule has 27 heavy (non-hydrogen) atoms. The molecule has 0 aromatic heterocycles. The molecule has 2 aliphatic rings. The van der Waals surface area contributed by atoms with Crippen LogP contribution in [0.5, 0.6) is 0 Å². The summed E-state index contributed by atoms with van der Waals surface area (Å²) in [5.74, 6) is 0. The van der Waals surface area contributed by atoms with Gasteiger partial charge in [0.05, 0.1) is 19.8 Å². The topological polar surface area (TPSA) is 188 Å². The van der Waals surface area contributed by atoms with Crippen LogP contribution in [0.1, 0.15) is 0 Å². The minimum atomic E-state index is -1.69. The predicted molar refractivity (Wildman–Crippen MR) is 86.1 cm³/mol. The first-order valence-corrected chi connectivity index (χ1v) is 8.34. The molecule has 2 rings (SSSR count). The standard InChI is InChI=1S/C15H25NO11/c1-2-3-24-15-12(22)11(21)13(7(5-18)26-15)27-14-8(16-23)10(20)9(19)6(4-17)25-14/h2,6-15,17-22H,1,3-5H2/t6?,7?,8?,9?,10?,11?,12?,13?,14-,15+/m0/s1. The van der Waals surface area contributed by atoms with Gasteiger partial charge in [-0.05, 0) is 0 Å². The van der Waals surface area contributed by atoms with E-state index in [0.717, 1.165) is 0 Å². The van der Waals surface area contributed by atoms with Gasteiger partial charge in [-0.3, -0.25) is 0 Å². The monoisotopic (exact) mass is 395 g/mol. The van der Waals surface area contributed by atoms with Gasteiger partial charge < -0.3 is 49.6 Å². The number of ether oxygens (including phenoxy) is 4. The molecule has 6 N–H and O–H groups in total. The summed E-state index contributed by atoms with van der Waals surface area (Å²) in [6.07, 6.45) is -11.7. The number of rotatable bonds is 8. The molecule has 0 radical (unpaired) electrons. The van der Waals surface area contributed by atoms with Gasteiger partial charge in [-0.15, -0.1) is 6.58 Å². The molecule has 12 nitrogen and oxygen atoms in total. The van der Waals surface area contributed by atoms with E-state index in [1.807, 2.05) is 0 Å². The molecule has 156 valence electrons. The van der Waals surface area contributed by atoms with Gasteiger partial charge in [0.15, 0.2) is 18.6 Å². The average molecular weight is 395 g/mol. The van der Waals surface area contributed by atoms with Crippen LogP contribution in [0.25, 0.3) is 0 Å². The van der Waals surface area contributed by atoms with E-state index >= 15 is 0 Å². The van der Waals surface area contributed by atoms with Crippen LogP contribution in [-0.4, -0.2) is 112 Å². The number of aliphatic hydroxyl groups excluding tert-OH is 6. The van der Waals surface area contributed by atoms with Gasteiger partial charge in [0, 0.05) is 0 Å². The molecule has 2 heterocycles. The van der Waals surface area contributed by atoms with Crippen LogP contribution >= 0.6 is 0 Å². The lowest BCUT2D eigenvalue weighted by Crippen LogP contribution is -2.64. The third-order valence-corrected chi connectivity index (χ3v) is 4.46. The number of aliphatic hydroxyl groups is 6. The van der Waals surface area contributed by atoms with Crippen molar-refractivity contribution in [1.82, 2.24) is 0 Å².